The smallest absolute Gasteiger partial charge is 0.245 e. The maximum Gasteiger partial charge on any atom is 0.245 e. The minimum absolute atomic E-state index is 0.0273. The Morgan fingerprint density at radius 2 is 2.00 bits per heavy atom. The van der Waals surface area contributed by atoms with E-state index in [9.17, 15) is 8.42 Å². The van der Waals surface area contributed by atoms with Gasteiger partial charge in [-0.05, 0) is 19.1 Å². The number of piperazine rings is 1. The SMILES string of the molecule is C[C@@H](C#N)C[NH+]1CCN(S(=O)(=O)c2cccc(Cl)c2Cl)CC1. The number of benzene rings is 1. The number of nitrogens with one attached hydrogen (secondary N) is 1. The average Bonchev–Trinajstić information content (AvgIpc) is 2.50. The van der Waals surface area contributed by atoms with Crippen LogP contribution in [0, 0.1) is 17.2 Å². The van der Waals surface area contributed by atoms with Crippen LogP contribution >= 0.6 is 23.2 Å². The summed E-state index contributed by atoms with van der Waals surface area (Å²) in [4.78, 5) is 1.30. The molecule has 0 bridgehead atoms. The monoisotopic (exact) mass is 362 g/mol. The summed E-state index contributed by atoms with van der Waals surface area (Å²) in [6, 6.07) is 6.83. The Balaban J connectivity index is 2.10. The number of nitrogens with zero attached hydrogens (tertiary/aromatic N) is 2. The molecule has 0 amide bonds. The van der Waals surface area contributed by atoms with E-state index < -0.39 is 10.0 Å². The highest BCUT2D eigenvalue weighted by atomic mass is 35.5. The Kier molecular flexibility index (Phi) is 5.70. The molecule has 1 atom stereocenters. The fourth-order valence-electron chi connectivity index (χ4n) is 2.55. The molecule has 1 aliphatic rings. The molecular weight excluding hydrogens is 345 g/mol. The third kappa shape index (κ3) is 3.73. The van der Waals surface area contributed by atoms with E-state index in [-0.39, 0.29) is 20.9 Å². The maximum absolute atomic E-state index is 12.7. The Morgan fingerprint density at radius 3 is 2.59 bits per heavy atom. The number of quaternary nitrogens is 1. The van der Waals surface area contributed by atoms with Crippen LogP contribution < -0.4 is 4.90 Å². The number of rotatable bonds is 4. The Hall–Kier alpha value is -0.840. The summed E-state index contributed by atoms with van der Waals surface area (Å²) in [6.45, 7) is 4.81. The second kappa shape index (κ2) is 7.16. The first kappa shape index (κ1) is 17.5. The van der Waals surface area contributed by atoms with E-state index in [1.54, 1.807) is 12.1 Å². The molecule has 1 aromatic carbocycles. The molecule has 1 fully saturated rings. The van der Waals surface area contributed by atoms with Gasteiger partial charge < -0.3 is 4.90 Å². The molecule has 120 valence electrons. The fourth-order valence-corrected chi connectivity index (χ4v) is 4.73. The van der Waals surface area contributed by atoms with Crippen molar-refractivity contribution < 1.29 is 13.3 Å². The van der Waals surface area contributed by atoms with Crippen molar-refractivity contribution in [3.05, 3.63) is 28.2 Å². The van der Waals surface area contributed by atoms with Crippen molar-refractivity contribution in [3.63, 3.8) is 0 Å². The quantitative estimate of drug-likeness (QED) is 0.870. The lowest BCUT2D eigenvalue weighted by molar-refractivity contribution is -0.905. The molecule has 5 nitrogen and oxygen atoms in total. The predicted octanol–water partition coefficient (Wildman–Crippen LogP) is 1.04. The van der Waals surface area contributed by atoms with E-state index in [1.807, 2.05) is 6.92 Å². The molecule has 1 N–H and O–H groups in total. The van der Waals surface area contributed by atoms with Crippen LogP contribution in [0.1, 0.15) is 6.92 Å². The summed E-state index contributed by atoms with van der Waals surface area (Å²) in [7, 11) is -3.63. The van der Waals surface area contributed by atoms with Crippen molar-refractivity contribution in [1.82, 2.24) is 4.31 Å². The van der Waals surface area contributed by atoms with Gasteiger partial charge in [0.25, 0.3) is 0 Å². The predicted molar refractivity (Wildman–Crippen MR) is 85.6 cm³/mol. The van der Waals surface area contributed by atoms with Crippen LogP contribution in [0.25, 0.3) is 0 Å². The first-order valence-corrected chi connectivity index (χ1v) is 9.23. The Morgan fingerprint density at radius 1 is 1.36 bits per heavy atom. The van der Waals surface area contributed by atoms with E-state index in [0.29, 0.717) is 26.2 Å². The zero-order chi connectivity index (χ0) is 16.3. The van der Waals surface area contributed by atoms with E-state index in [4.69, 9.17) is 28.5 Å². The van der Waals surface area contributed by atoms with Crippen molar-refractivity contribution in [2.75, 3.05) is 32.7 Å². The van der Waals surface area contributed by atoms with E-state index in [1.165, 1.54) is 15.3 Å². The highest BCUT2D eigenvalue weighted by molar-refractivity contribution is 7.89. The summed E-state index contributed by atoms with van der Waals surface area (Å²) >= 11 is 11.9. The molecule has 0 unspecified atom stereocenters. The molecule has 8 heteroatoms. The summed E-state index contributed by atoms with van der Waals surface area (Å²) in [5.74, 6) is -0.0273. The zero-order valence-corrected chi connectivity index (χ0v) is 14.5. The van der Waals surface area contributed by atoms with E-state index in [2.05, 4.69) is 6.07 Å². The first-order chi connectivity index (χ1) is 10.4. The van der Waals surface area contributed by atoms with Gasteiger partial charge in [-0.2, -0.15) is 9.57 Å². The summed E-state index contributed by atoms with van der Waals surface area (Å²) in [5.41, 5.74) is 0. The van der Waals surface area contributed by atoms with Gasteiger partial charge in [0, 0.05) is 0 Å². The highest BCUT2D eigenvalue weighted by Crippen LogP contribution is 2.30. The minimum atomic E-state index is -3.63. The van der Waals surface area contributed by atoms with Gasteiger partial charge in [0.15, 0.2) is 0 Å². The van der Waals surface area contributed by atoms with Gasteiger partial charge in [-0.3, -0.25) is 0 Å². The fraction of sp³-hybridized carbons (Fsp3) is 0.500. The second-order valence-electron chi connectivity index (χ2n) is 5.44. The normalized spacial score (nSPS) is 18.8. The number of nitriles is 1. The summed E-state index contributed by atoms with van der Waals surface area (Å²) < 4.78 is 26.8. The number of hydrogen-bond acceptors (Lipinski definition) is 3. The van der Waals surface area contributed by atoms with Crippen LogP contribution in [0.2, 0.25) is 10.0 Å². The first-order valence-electron chi connectivity index (χ1n) is 7.03. The van der Waals surface area contributed by atoms with Gasteiger partial charge in [0.1, 0.15) is 4.90 Å². The van der Waals surface area contributed by atoms with Crippen LogP contribution in [-0.4, -0.2) is 45.4 Å². The third-order valence-corrected chi connectivity index (χ3v) is 6.65. The molecule has 1 saturated heterocycles. The number of halogens is 2. The third-order valence-electron chi connectivity index (χ3n) is 3.78. The lowest BCUT2D eigenvalue weighted by atomic mass is 10.2. The molecule has 2 rings (SSSR count). The van der Waals surface area contributed by atoms with Crippen LogP contribution in [0.4, 0.5) is 0 Å². The number of sulfonamides is 1. The average molecular weight is 363 g/mol. The summed E-state index contributed by atoms with van der Waals surface area (Å²) in [6.07, 6.45) is 0. The van der Waals surface area contributed by atoms with Gasteiger partial charge in [0.2, 0.25) is 10.0 Å². The molecule has 1 aromatic rings. The Bertz CT molecular complexity index is 680. The van der Waals surface area contributed by atoms with Crippen molar-refractivity contribution in [2.24, 2.45) is 5.92 Å². The molecular formula is C14H18Cl2N3O2S+. The summed E-state index contributed by atoms with van der Waals surface area (Å²) in [5, 5.41) is 9.15. The zero-order valence-electron chi connectivity index (χ0n) is 12.2. The molecule has 22 heavy (non-hydrogen) atoms. The molecule has 0 radical (unpaired) electrons. The molecule has 0 aromatic heterocycles. The molecule has 0 saturated carbocycles. The number of hydrogen-bond donors (Lipinski definition) is 1. The lowest BCUT2D eigenvalue weighted by Crippen LogP contribution is -3.15. The largest absolute Gasteiger partial charge is 0.332 e. The van der Waals surface area contributed by atoms with Gasteiger partial charge in [-0.1, -0.05) is 29.3 Å². The molecule has 1 aliphatic heterocycles. The van der Waals surface area contributed by atoms with Gasteiger partial charge in [-0.15, -0.1) is 0 Å². The van der Waals surface area contributed by atoms with Crippen LogP contribution in [0.15, 0.2) is 23.1 Å². The molecule has 1 heterocycles. The van der Waals surface area contributed by atoms with Gasteiger partial charge >= 0.3 is 0 Å². The molecule has 0 aliphatic carbocycles. The molecule has 0 spiro atoms. The van der Waals surface area contributed by atoms with Crippen LogP contribution in [0.5, 0.6) is 0 Å². The highest BCUT2D eigenvalue weighted by Gasteiger charge is 2.32. The van der Waals surface area contributed by atoms with Gasteiger partial charge in [-0.25, -0.2) is 8.42 Å². The lowest BCUT2D eigenvalue weighted by Gasteiger charge is -2.32. The van der Waals surface area contributed by atoms with Crippen molar-refractivity contribution in [2.45, 2.75) is 11.8 Å². The van der Waals surface area contributed by atoms with E-state index in [0.717, 1.165) is 6.54 Å². The Labute approximate surface area is 141 Å². The van der Waals surface area contributed by atoms with E-state index >= 15 is 0 Å². The van der Waals surface area contributed by atoms with Crippen molar-refractivity contribution in [3.8, 4) is 6.07 Å². The van der Waals surface area contributed by atoms with Crippen LogP contribution in [-0.2, 0) is 10.0 Å². The minimum Gasteiger partial charge on any atom is -0.332 e. The van der Waals surface area contributed by atoms with Gasteiger partial charge in [0.05, 0.1) is 54.8 Å². The van der Waals surface area contributed by atoms with Crippen LogP contribution in [0.3, 0.4) is 0 Å². The maximum atomic E-state index is 12.7. The standard InChI is InChI=1S/C14H17Cl2N3O2S/c1-11(9-17)10-18-5-7-19(8-6-18)22(20,21)13-4-2-3-12(15)14(13)16/h2-4,11H,5-8,10H2,1H3/p+1/t11-/m0/s1. The van der Waals surface area contributed by atoms with Crippen molar-refractivity contribution in [1.29, 1.82) is 5.26 Å². The van der Waals surface area contributed by atoms with Crippen molar-refractivity contribution >= 4 is 33.2 Å². The topological polar surface area (TPSA) is 65.6 Å². The second-order valence-corrected chi connectivity index (χ2v) is 8.13.